The summed E-state index contributed by atoms with van der Waals surface area (Å²) in [4.78, 5) is 7.09. The molecule has 6 nitrogen and oxygen atoms in total. The Morgan fingerprint density at radius 3 is 2.62 bits per heavy atom. The molecule has 0 atom stereocenters. The predicted molar refractivity (Wildman–Crippen MR) is 119 cm³/mol. The molecule has 3 rings (SSSR count). The number of ether oxygens (including phenoxy) is 1. The minimum Gasteiger partial charge on any atom is -0.388 e. The third kappa shape index (κ3) is 7.00. The Hall–Kier alpha value is -1.05. The summed E-state index contributed by atoms with van der Waals surface area (Å²) in [7, 11) is 0. The van der Waals surface area contributed by atoms with Crippen LogP contribution in [0.25, 0.3) is 0 Å². The van der Waals surface area contributed by atoms with Gasteiger partial charge in [0.1, 0.15) is 0 Å². The molecule has 3 N–H and O–H groups in total. The molecule has 162 valence electrons. The van der Waals surface area contributed by atoms with Crippen molar-refractivity contribution in [3.05, 3.63) is 33.8 Å². The monoisotopic (exact) mass is 442 g/mol. The summed E-state index contributed by atoms with van der Waals surface area (Å²) in [5, 5.41) is 18.7. The summed E-state index contributed by atoms with van der Waals surface area (Å²) in [5.41, 5.74) is 0.439. The van der Waals surface area contributed by atoms with Crippen molar-refractivity contribution in [3.8, 4) is 0 Å². The minimum atomic E-state index is -0.746. The fourth-order valence-corrected chi connectivity index (χ4v) is 4.10. The summed E-state index contributed by atoms with van der Waals surface area (Å²) in [6.07, 6.45) is 3.37. The van der Waals surface area contributed by atoms with E-state index in [1.807, 2.05) is 18.2 Å². The molecule has 2 aliphatic rings. The molecule has 0 bridgehead atoms. The van der Waals surface area contributed by atoms with Crippen LogP contribution in [0.1, 0.15) is 38.2 Å². The number of guanidine groups is 1. The number of hydrogen-bond acceptors (Lipinski definition) is 4. The molecule has 0 spiro atoms. The zero-order chi connectivity index (χ0) is 20.7. The molecule has 2 aliphatic heterocycles. The van der Waals surface area contributed by atoms with Gasteiger partial charge in [0.05, 0.1) is 22.2 Å². The van der Waals surface area contributed by atoms with Gasteiger partial charge in [-0.15, -0.1) is 0 Å². The molecule has 2 saturated heterocycles. The van der Waals surface area contributed by atoms with E-state index in [9.17, 15) is 5.11 Å². The number of halogens is 2. The number of aliphatic imine (C=N–C) groups is 1. The topological polar surface area (TPSA) is 69.1 Å². The predicted octanol–water partition coefficient (Wildman–Crippen LogP) is 3.05. The minimum absolute atomic E-state index is 0.377. The zero-order valence-corrected chi connectivity index (χ0v) is 18.6. The molecule has 29 heavy (non-hydrogen) atoms. The van der Waals surface area contributed by atoms with E-state index >= 15 is 0 Å². The van der Waals surface area contributed by atoms with Crippen molar-refractivity contribution < 1.29 is 9.84 Å². The molecule has 2 fully saturated rings. The Morgan fingerprint density at radius 2 is 1.97 bits per heavy atom. The lowest BCUT2D eigenvalue weighted by atomic mass is 9.95. The van der Waals surface area contributed by atoms with Crippen molar-refractivity contribution >= 4 is 29.2 Å². The second-order valence-corrected chi connectivity index (χ2v) is 8.79. The SMILES string of the molecule is CCNC(=NCC1(O)CCOCC1)NC1CCN(Cc2ccc(Cl)c(Cl)c2)CC1. The lowest BCUT2D eigenvalue weighted by Gasteiger charge is -2.34. The molecule has 0 saturated carbocycles. The van der Waals surface area contributed by atoms with Gasteiger partial charge in [0.2, 0.25) is 0 Å². The van der Waals surface area contributed by atoms with Crippen LogP contribution in [0.15, 0.2) is 23.2 Å². The van der Waals surface area contributed by atoms with E-state index in [0.29, 0.717) is 48.7 Å². The van der Waals surface area contributed by atoms with Crippen molar-refractivity contribution in [1.29, 1.82) is 0 Å². The fourth-order valence-electron chi connectivity index (χ4n) is 3.78. The van der Waals surface area contributed by atoms with E-state index in [1.165, 1.54) is 5.56 Å². The van der Waals surface area contributed by atoms with Crippen LogP contribution in [0.2, 0.25) is 10.0 Å². The number of aliphatic hydroxyl groups is 1. The van der Waals surface area contributed by atoms with Gasteiger partial charge in [0.15, 0.2) is 5.96 Å². The second kappa shape index (κ2) is 10.8. The molecule has 0 unspecified atom stereocenters. The first kappa shape index (κ1) is 22.6. The molecule has 0 aromatic heterocycles. The molecule has 0 aliphatic carbocycles. The van der Waals surface area contributed by atoms with E-state index in [1.54, 1.807) is 0 Å². The Balaban J connectivity index is 1.48. The van der Waals surface area contributed by atoms with Gasteiger partial charge >= 0.3 is 0 Å². The maximum atomic E-state index is 10.6. The van der Waals surface area contributed by atoms with E-state index in [4.69, 9.17) is 27.9 Å². The summed E-state index contributed by atoms with van der Waals surface area (Å²) in [5.74, 6) is 0.787. The van der Waals surface area contributed by atoms with Crippen molar-refractivity contribution in [2.45, 2.75) is 50.8 Å². The average Bonchev–Trinajstić information content (AvgIpc) is 2.71. The van der Waals surface area contributed by atoms with Gasteiger partial charge in [-0.2, -0.15) is 0 Å². The van der Waals surface area contributed by atoms with Crippen LogP contribution in [-0.4, -0.2) is 67.0 Å². The first-order valence-electron chi connectivity index (χ1n) is 10.5. The number of benzene rings is 1. The van der Waals surface area contributed by atoms with E-state index in [0.717, 1.165) is 45.0 Å². The maximum absolute atomic E-state index is 10.6. The van der Waals surface area contributed by atoms with Gasteiger partial charge < -0.3 is 20.5 Å². The van der Waals surface area contributed by atoms with Crippen molar-refractivity contribution in [1.82, 2.24) is 15.5 Å². The quantitative estimate of drug-likeness (QED) is 0.466. The Kier molecular flexibility index (Phi) is 8.45. The normalized spacial score (nSPS) is 21.2. The van der Waals surface area contributed by atoms with Gasteiger partial charge in [-0.3, -0.25) is 9.89 Å². The second-order valence-electron chi connectivity index (χ2n) is 7.98. The van der Waals surface area contributed by atoms with Crippen LogP contribution in [0.5, 0.6) is 0 Å². The highest BCUT2D eigenvalue weighted by molar-refractivity contribution is 6.42. The number of nitrogens with zero attached hydrogens (tertiary/aromatic N) is 2. The largest absolute Gasteiger partial charge is 0.388 e. The number of rotatable bonds is 6. The van der Waals surface area contributed by atoms with Crippen LogP contribution in [0.4, 0.5) is 0 Å². The van der Waals surface area contributed by atoms with E-state index in [-0.39, 0.29) is 0 Å². The molecule has 1 aromatic carbocycles. The van der Waals surface area contributed by atoms with Gasteiger partial charge in [-0.05, 0) is 37.5 Å². The Morgan fingerprint density at radius 1 is 1.24 bits per heavy atom. The van der Waals surface area contributed by atoms with Crippen LogP contribution in [0, 0.1) is 0 Å². The third-order valence-electron chi connectivity index (χ3n) is 5.62. The third-order valence-corrected chi connectivity index (χ3v) is 6.36. The number of likely N-dealkylation sites (tertiary alicyclic amines) is 1. The van der Waals surface area contributed by atoms with Crippen LogP contribution >= 0.6 is 23.2 Å². The van der Waals surface area contributed by atoms with Crippen molar-refractivity contribution in [3.63, 3.8) is 0 Å². The van der Waals surface area contributed by atoms with E-state index in [2.05, 4.69) is 27.4 Å². The molecule has 8 heteroatoms. The summed E-state index contributed by atoms with van der Waals surface area (Å²) < 4.78 is 5.35. The zero-order valence-electron chi connectivity index (χ0n) is 17.1. The van der Waals surface area contributed by atoms with Crippen molar-refractivity contribution in [2.24, 2.45) is 4.99 Å². The fraction of sp³-hybridized carbons (Fsp3) is 0.667. The molecule has 0 amide bonds. The summed E-state index contributed by atoms with van der Waals surface area (Å²) in [6, 6.07) is 6.22. The van der Waals surface area contributed by atoms with Crippen LogP contribution < -0.4 is 10.6 Å². The van der Waals surface area contributed by atoms with E-state index < -0.39 is 5.60 Å². The highest BCUT2D eigenvalue weighted by atomic mass is 35.5. The molecule has 1 aromatic rings. The Bertz CT molecular complexity index is 687. The van der Waals surface area contributed by atoms with Crippen molar-refractivity contribution in [2.75, 3.05) is 39.4 Å². The first-order valence-corrected chi connectivity index (χ1v) is 11.2. The molecular weight excluding hydrogens is 411 g/mol. The van der Waals surface area contributed by atoms with Crippen LogP contribution in [0.3, 0.4) is 0 Å². The standard InChI is InChI=1S/C21H32Cl2N4O2/c1-2-24-20(25-15-21(28)7-11-29-12-8-21)26-17-5-9-27(10-6-17)14-16-3-4-18(22)19(23)13-16/h3-4,13,17,28H,2,5-12,14-15H2,1H3,(H2,24,25,26). The summed E-state index contributed by atoms with van der Waals surface area (Å²) >= 11 is 12.1. The first-order chi connectivity index (χ1) is 14.0. The number of piperidine rings is 1. The van der Waals surface area contributed by atoms with Gasteiger partial charge in [0.25, 0.3) is 0 Å². The molecule has 0 radical (unpaired) electrons. The highest BCUT2D eigenvalue weighted by Crippen LogP contribution is 2.24. The lowest BCUT2D eigenvalue weighted by molar-refractivity contribution is -0.0566. The van der Waals surface area contributed by atoms with Crippen LogP contribution in [-0.2, 0) is 11.3 Å². The van der Waals surface area contributed by atoms with Gasteiger partial charge in [-0.1, -0.05) is 29.3 Å². The smallest absolute Gasteiger partial charge is 0.191 e. The van der Waals surface area contributed by atoms with Gasteiger partial charge in [-0.25, -0.2) is 0 Å². The lowest BCUT2D eigenvalue weighted by Crippen LogP contribution is -2.49. The average molecular weight is 443 g/mol. The maximum Gasteiger partial charge on any atom is 0.191 e. The highest BCUT2D eigenvalue weighted by Gasteiger charge is 2.30. The Labute approximate surface area is 183 Å². The number of nitrogens with one attached hydrogen (secondary N) is 2. The number of hydrogen-bond donors (Lipinski definition) is 3. The molecular formula is C21H32Cl2N4O2. The van der Waals surface area contributed by atoms with Gasteiger partial charge in [0, 0.05) is 58.3 Å². The summed E-state index contributed by atoms with van der Waals surface area (Å²) in [6.45, 7) is 7.37. The molecule has 2 heterocycles.